The summed E-state index contributed by atoms with van der Waals surface area (Å²) in [5, 5.41) is 0.386. The zero-order valence-corrected chi connectivity index (χ0v) is 16.5. The molecule has 3 aromatic rings. The Kier molecular flexibility index (Phi) is 5.55. The molecule has 26 heavy (non-hydrogen) atoms. The molecular formula is C18H11BrF3NOS2. The van der Waals surface area contributed by atoms with Crippen LogP contribution < -0.4 is 0 Å². The number of rotatable bonds is 3. The second-order valence-electron chi connectivity index (χ2n) is 5.35. The molecule has 134 valence electrons. The van der Waals surface area contributed by atoms with E-state index in [4.69, 9.17) is 0 Å². The maximum Gasteiger partial charge on any atom is 0.416 e. The van der Waals surface area contributed by atoms with Crippen LogP contribution >= 0.6 is 39.0 Å². The number of benzene rings is 2. The number of aryl methyl sites for hydroxylation is 1. The molecule has 2 nitrogen and oxygen atoms in total. The summed E-state index contributed by atoms with van der Waals surface area (Å²) in [6, 6.07) is 12.1. The van der Waals surface area contributed by atoms with Gasteiger partial charge in [-0.3, -0.25) is 4.79 Å². The van der Waals surface area contributed by atoms with Crippen LogP contribution in [0.5, 0.6) is 0 Å². The number of thiazole rings is 1. The summed E-state index contributed by atoms with van der Waals surface area (Å²) in [7, 11) is 0. The summed E-state index contributed by atoms with van der Waals surface area (Å²) in [4.78, 5) is 18.2. The summed E-state index contributed by atoms with van der Waals surface area (Å²) >= 11 is 5.62. The molecule has 0 amide bonds. The Morgan fingerprint density at radius 1 is 1.08 bits per heavy atom. The van der Waals surface area contributed by atoms with Gasteiger partial charge < -0.3 is 0 Å². The van der Waals surface area contributed by atoms with Gasteiger partial charge in [0.05, 0.1) is 11.3 Å². The topological polar surface area (TPSA) is 30.0 Å². The molecule has 0 aliphatic rings. The minimum Gasteiger partial charge on any atom is -0.280 e. The first-order chi connectivity index (χ1) is 12.2. The van der Waals surface area contributed by atoms with Crippen LogP contribution in [-0.2, 0) is 6.18 Å². The van der Waals surface area contributed by atoms with Gasteiger partial charge in [0.1, 0.15) is 9.88 Å². The van der Waals surface area contributed by atoms with Crippen molar-refractivity contribution >= 4 is 44.1 Å². The van der Waals surface area contributed by atoms with Gasteiger partial charge in [0, 0.05) is 14.9 Å². The van der Waals surface area contributed by atoms with Gasteiger partial charge >= 0.3 is 6.18 Å². The molecule has 0 spiro atoms. The minimum atomic E-state index is -4.38. The van der Waals surface area contributed by atoms with Crippen LogP contribution in [0.2, 0.25) is 0 Å². The highest BCUT2D eigenvalue weighted by Gasteiger charge is 2.30. The van der Waals surface area contributed by atoms with E-state index in [-0.39, 0.29) is 5.12 Å². The second kappa shape index (κ2) is 7.54. The number of carbonyl (C=O) groups is 1. The molecule has 2 aromatic carbocycles. The van der Waals surface area contributed by atoms with Crippen molar-refractivity contribution in [1.82, 2.24) is 4.98 Å². The average molecular weight is 458 g/mol. The van der Waals surface area contributed by atoms with Crippen molar-refractivity contribution in [2.45, 2.75) is 18.0 Å². The molecule has 0 saturated carbocycles. The van der Waals surface area contributed by atoms with Crippen LogP contribution in [-0.4, -0.2) is 10.1 Å². The number of carbonyl (C=O) groups excluding carboxylic acids is 1. The molecule has 3 rings (SSSR count). The molecule has 8 heteroatoms. The van der Waals surface area contributed by atoms with Gasteiger partial charge in [-0.25, -0.2) is 4.98 Å². The van der Waals surface area contributed by atoms with E-state index in [1.165, 1.54) is 23.5 Å². The van der Waals surface area contributed by atoms with Crippen LogP contribution in [0.15, 0.2) is 57.9 Å². The molecule has 1 heterocycles. The zero-order chi connectivity index (χ0) is 18.9. The van der Waals surface area contributed by atoms with Crippen molar-refractivity contribution in [3.8, 4) is 10.6 Å². The predicted molar refractivity (Wildman–Crippen MR) is 102 cm³/mol. The molecule has 0 bridgehead atoms. The van der Waals surface area contributed by atoms with Gasteiger partial charge in [-0.15, -0.1) is 11.3 Å². The van der Waals surface area contributed by atoms with E-state index < -0.39 is 11.7 Å². The molecule has 0 aliphatic carbocycles. The van der Waals surface area contributed by atoms with E-state index in [1.807, 2.05) is 24.3 Å². The van der Waals surface area contributed by atoms with E-state index in [2.05, 4.69) is 20.9 Å². The number of hydrogen-bond donors (Lipinski definition) is 0. The van der Waals surface area contributed by atoms with E-state index in [0.29, 0.717) is 21.1 Å². The lowest BCUT2D eigenvalue weighted by Gasteiger charge is -2.06. The molecule has 0 aliphatic heterocycles. The zero-order valence-electron chi connectivity index (χ0n) is 13.3. The van der Waals surface area contributed by atoms with Crippen molar-refractivity contribution in [1.29, 1.82) is 0 Å². The second-order valence-corrected chi connectivity index (χ2v) is 8.31. The third kappa shape index (κ3) is 4.36. The average Bonchev–Trinajstić information content (AvgIpc) is 2.98. The molecule has 0 fully saturated rings. The van der Waals surface area contributed by atoms with E-state index in [9.17, 15) is 18.0 Å². The summed E-state index contributed by atoms with van der Waals surface area (Å²) in [5.74, 6) is 0. The lowest BCUT2D eigenvalue weighted by Crippen LogP contribution is -2.03. The smallest absolute Gasteiger partial charge is 0.280 e. The van der Waals surface area contributed by atoms with Gasteiger partial charge in [0.15, 0.2) is 0 Å². The Morgan fingerprint density at radius 2 is 1.69 bits per heavy atom. The van der Waals surface area contributed by atoms with Crippen LogP contribution in [0.1, 0.15) is 20.9 Å². The van der Waals surface area contributed by atoms with Crippen LogP contribution in [0.3, 0.4) is 0 Å². The van der Waals surface area contributed by atoms with Crippen molar-refractivity contribution < 1.29 is 18.0 Å². The molecule has 0 unspecified atom stereocenters. The van der Waals surface area contributed by atoms with Gasteiger partial charge in [0.25, 0.3) is 0 Å². The summed E-state index contributed by atoms with van der Waals surface area (Å²) in [6.45, 7) is 1.72. The molecule has 1 aromatic heterocycles. The van der Waals surface area contributed by atoms with Crippen LogP contribution in [0, 0.1) is 6.92 Å². The Balaban J connectivity index is 1.82. The normalized spacial score (nSPS) is 11.6. The number of aromatic nitrogens is 1. The Hall–Kier alpha value is -1.64. The molecule has 0 saturated heterocycles. The van der Waals surface area contributed by atoms with E-state index in [1.54, 1.807) is 6.92 Å². The monoisotopic (exact) mass is 457 g/mol. The van der Waals surface area contributed by atoms with Crippen molar-refractivity contribution in [3.63, 3.8) is 0 Å². The van der Waals surface area contributed by atoms with E-state index >= 15 is 0 Å². The van der Waals surface area contributed by atoms with Gasteiger partial charge in [-0.1, -0.05) is 28.1 Å². The molecular weight excluding hydrogens is 447 g/mol. The molecule has 0 N–H and O–H groups in total. The largest absolute Gasteiger partial charge is 0.416 e. The Labute approximate surface area is 164 Å². The molecule has 0 radical (unpaired) electrons. The SMILES string of the molecule is Cc1nc(-c2ccc(C(F)(F)F)cc2)sc1C(=O)Sc1ccc(Br)cc1. The fraction of sp³-hybridized carbons (Fsp3) is 0.111. The number of thioether (sulfide) groups is 1. The first-order valence-electron chi connectivity index (χ1n) is 7.37. The maximum absolute atomic E-state index is 12.7. The molecule has 0 atom stereocenters. The number of halogens is 4. The van der Waals surface area contributed by atoms with Crippen molar-refractivity contribution in [2.24, 2.45) is 0 Å². The maximum atomic E-state index is 12.7. The summed E-state index contributed by atoms with van der Waals surface area (Å²) in [6.07, 6.45) is -4.38. The third-order valence-corrected chi connectivity index (χ3v) is 6.23. The summed E-state index contributed by atoms with van der Waals surface area (Å²) < 4.78 is 38.9. The quantitative estimate of drug-likeness (QED) is 0.403. The Morgan fingerprint density at radius 3 is 2.27 bits per heavy atom. The number of alkyl halides is 3. The number of hydrogen-bond acceptors (Lipinski definition) is 4. The predicted octanol–water partition coefficient (Wildman–Crippen LogP) is 6.83. The summed E-state index contributed by atoms with van der Waals surface area (Å²) in [5.41, 5.74) is 0.412. The van der Waals surface area contributed by atoms with Crippen LogP contribution in [0.25, 0.3) is 10.6 Å². The highest BCUT2D eigenvalue weighted by molar-refractivity contribution is 9.10. The van der Waals surface area contributed by atoms with Gasteiger partial charge in [0.2, 0.25) is 5.12 Å². The Bertz CT molecular complexity index is 935. The lowest BCUT2D eigenvalue weighted by atomic mass is 10.1. The fourth-order valence-corrected chi connectivity index (χ4v) is 4.31. The van der Waals surface area contributed by atoms with Gasteiger partial charge in [-0.05, 0) is 55.1 Å². The third-order valence-electron chi connectivity index (χ3n) is 3.47. The van der Waals surface area contributed by atoms with Crippen molar-refractivity contribution in [3.05, 3.63) is 69.1 Å². The fourth-order valence-electron chi connectivity index (χ4n) is 2.17. The van der Waals surface area contributed by atoms with Crippen molar-refractivity contribution in [2.75, 3.05) is 0 Å². The first-order valence-corrected chi connectivity index (χ1v) is 9.79. The number of nitrogens with zero attached hydrogens (tertiary/aromatic N) is 1. The highest BCUT2D eigenvalue weighted by Crippen LogP contribution is 2.35. The minimum absolute atomic E-state index is 0.138. The lowest BCUT2D eigenvalue weighted by molar-refractivity contribution is -0.137. The van der Waals surface area contributed by atoms with Gasteiger partial charge in [-0.2, -0.15) is 13.2 Å². The van der Waals surface area contributed by atoms with E-state index in [0.717, 1.165) is 33.3 Å². The first kappa shape index (κ1) is 19.1. The van der Waals surface area contributed by atoms with Crippen LogP contribution in [0.4, 0.5) is 13.2 Å². The standard InChI is InChI=1S/C18H11BrF3NOS2/c1-10-15(17(24)25-14-8-6-13(19)7-9-14)26-16(23-10)11-2-4-12(5-3-11)18(20,21)22/h2-9H,1H3. The highest BCUT2D eigenvalue weighted by atomic mass is 79.9.